The summed E-state index contributed by atoms with van der Waals surface area (Å²) in [6, 6.07) is 0. The standard InChI is InChI=1S/C9H12N2O2/c1-7(2)6-11-5-4-10(3)8(12)9(11)13/h4-5H,1,6H2,2-3H3. The van der Waals surface area contributed by atoms with Crippen molar-refractivity contribution < 1.29 is 0 Å². The highest BCUT2D eigenvalue weighted by Crippen LogP contribution is 1.89. The van der Waals surface area contributed by atoms with Crippen LogP contribution in [0.1, 0.15) is 6.92 Å². The van der Waals surface area contributed by atoms with Crippen molar-refractivity contribution in [3.05, 3.63) is 45.3 Å². The minimum absolute atomic E-state index is 0.398. The van der Waals surface area contributed by atoms with Crippen LogP contribution in [0.25, 0.3) is 0 Å². The Bertz CT molecular complexity index is 440. The summed E-state index contributed by atoms with van der Waals surface area (Å²) in [5.41, 5.74) is -0.174. The lowest BCUT2D eigenvalue weighted by molar-refractivity contribution is 0.689. The van der Waals surface area contributed by atoms with Crippen LogP contribution in [0.15, 0.2) is 34.1 Å². The smallest absolute Gasteiger partial charge is 0.312 e. The van der Waals surface area contributed by atoms with E-state index in [1.54, 1.807) is 19.4 Å². The second-order valence-corrected chi connectivity index (χ2v) is 3.10. The third kappa shape index (κ3) is 1.96. The predicted octanol–water partition coefficient (Wildman–Crippen LogP) is 0.123. The summed E-state index contributed by atoms with van der Waals surface area (Å²) in [5, 5.41) is 0. The molecule has 70 valence electrons. The molecule has 0 atom stereocenters. The Hall–Kier alpha value is -1.58. The van der Waals surface area contributed by atoms with Gasteiger partial charge in [0.2, 0.25) is 0 Å². The zero-order valence-electron chi connectivity index (χ0n) is 7.78. The number of aromatic nitrogens is 2. The topological polar surface area (TPSA) is 44.0 Å². The third-order valence-corrected chi connectivity index (χ3v) is 1.67. The van der Waals surface area contributed by atoms with E-state index in [1.807, 2.05) is 6.92 Å². The van der Waals surface area contributed by atoms with E-state index in [4.69, 9.17) is 0 Å². The molecule has 4 nitrogen and oxygen atoms in total. The second kappa shape index (κ2) is 3.43. The Labute approximate surface area is 75.7 Å². The van der Waals surface area contributed by atoms with E-state index in [-0.39, 0.29) is 0 Å². The predicted molar refractivity (Wildman–Crippen MR) is 50.8 cm³/mol. The van der Waals surface area contributed by atoms with E-state index in [0.29, 0.717) is 6.54 Å². The maximum absolute atomic E-state index is 11.3. The largest absolute Gasteiger partial charge is 0.316 e. The van der Waals surface area contributed by atoms with Crippen LogP contribution in [0, 0.1) is 0 Å². The zero-order chi connectivity index (χ0) is 10.0. The van der Waals surface area contributed by atoms with Crippen LogP contribution >= 0.6 is 0 Å². The summed E-state index contributed by atoms with van der Waals surface area (Å²) >= 11 is 0. The Morgan fingerprint density at radius 2 is 2.00 bits per heavy atom. The van der Waals surface area contributed by atoms with Crippen molar-refractivity contribution in [2.45, 2.75) is 13.5 Å². The van der Waals surface area contributed by atoms with E-state index in [1.165, 1.54) is 9.13 Å². The molecular formula is C9H12N2O2. The highest BCUT2D eigenvalue weighted by atomic mass is 16.2. The maximum Gasteiger partial charge on any atom is 0.316 e. The number of nitrogens with zero attached hydrogens (tertiary/aromatic N) is 2. The first-order valence-electron chi connectivity index (χ1n) is 3.93. The molecule has 1 heterocycles. The molecule has 0 aromatic carbocycles. The van der Waals surface area contributed by atoms with Gasteiger partial charge in [-0.15, -0.1) is 0 Å². The zero-order valence-corrected chi connectivity index (χ0v) is 7.78. The van der Waals surface area contributed by atoms with Crippen molar-refractivity contribution in [2.24, 2.45) is 7.05 Å². The molecule has 0 aliphatic heterocycles. The van der Waals surface area contributed by atoms with Crippen LogP contribution in [0.4, 0.5) is 0 Å². The number of rotatable bonds is 2. The Balaban J connectivity index is 3.27. The minimum atomic E-state index is -0.510. The molecular weight excluding hydrogens is 168 g/mol. The molecule has 0 N–H and O–H groups in total. The quantitative estimate of drug-likeness (QED) is 0.479. The fraction of sp³-hybridized carbons (Fsp3) is 0.333. The summed E-state index contributed by atoms with van der Waals surface area (Å²) in [6.07, 6.45) is 3.14. The molecule has 0 radical (unpaired) electrons. The van der Waals surface area contributed by atoms with Gasteiger partial charge in [-0.25, -0.2) is 0 Å². The summed E-state index contributed by atoms with van der Waals surface area (Å²) in [7, 11) is 1.55. The molecule has 4 heteroatoms. The lowest BCUT2D eigenvalue weighted by Gasteiger charge is -2.04. The van der Waals surface area contributed by atoms with E-state index in [9.17, 15) is 9.59 Å². The first-order chi connectivity index (χ1) is 6.02. The lowest BCUT2D eigenvalue weighted by atomic mass is 10.3. The molecule has 0 bridgehead atoms. The van der Waals surface area contributed by atoms with Crippen molar-refractivity contribution in [1.82, 2.24) is 9.13 Å². The normalized spacial score (nSPS) is 10.0. The van der Waals surface area contributed by atoms with Crippen molar-refractivity contribution in [3.8, 4) is 0 Å². The monoisotopic (exact) mass is 180 g/mol. The van der Waals surface area contributed by atoms with Gasteiger partial charge in [0.05, 0.1) is 0 Å². The minimum Gasteiger partial charge on any atom is -0.312 e. The van der Waals surface area contributed by atoms with Gasteiger partial charge in [0.25, 0.3) is 0 Å². The molecule has 13 heavy (non-hydrogen) atoms. The van der Waals surface area contributed by atoms with Crippen LogP contribution in [-0.4, -0.2) is 9.13 Å². The number of hydrogen-bond donors (Lipinski definition) is 0. The molecule has 1 rings (SSSR count). The van der Waals surface area contributed by atoms with Crippen molar-refractivity contribution in [1.29, 1.82) is 0 Å². The van der Waals surface area contributed by atoms with Crippen LogP contribution in [0.2, 0.25) is 0 Å². The molecule has 0 saturated carbocycles. The second-order valence-electron chi connectivity index (χ2n) is 3.10. The van der Waals surface area contributed by atoms with E-state index < -0.39 is 11.1 Å². The van der Waals surface area contributed by atoms with Crippen molar-refractivity contribution in [3.63, 3.8) is 0 Å². The molecule has 0 fully saturated rings. The molecule has 1 aromatic heterocycles. The first kappa shape index (κ1) is 9.51. The van der Waals surface area contributed by atoms with Gasteiger partial charge in [-0.1, -0.05) is 12.2 Å². The Morgan fingerprint density at radius 1 is 1.38 bits per heavy atom. The third-order valence-electron chi connectivity index (χ3n) is 1.67. The van der Waals surface area contributed by atoms with Crippen molar-refractivity contribution >= 4 is 0 Å². The van der Waals surface area contributed by atoms with Crippen LogP contribution in [0.5, 0.6) is 0 Å². The highest BCUT2D eigenvalue weighted by molar-refractivity contribution is 4.93. The van der Waals surface area contributed by atoms with Crippen LogP contribution in [-0.2, 0) is 13.6 Å². The average molecular weight is 180 g/mol. The number of allylic oxidation sites excluding steroid dienone is 1. The first-order valence-corrected chi connectivity index (χ1v) is 3.93. The van der Waals surface area contributed by atoms with Gasteiger partial charge in [0, 0.05) is 26.0 Å². The van der Waals surface area contributed by atoms with Gasteiger partial charge in [-0.05, 0) is 6.92 Å². The number of hydrogen-bond acceptors (Lipinski definition) is 2. The van der Waals surface area contributed by atoms with Crippen LogP contribution in [0.3, 0.4) is 0 Å². The summed E-state index contributed by atoms with van der Waals surface area (Å²) in [4.78, 5) is 22.5. The average Bonchev–Trinajstić information content (AvgIpc) is 2.06. The molecule has 0 spiro atoms. The van der Waals surface area contributed by atoms with E-state index >= 15 is 0 Å². The molecule has 0 unspecified atom stereocenters. The summed E-state index contributed by atoms with van der Waals surface area (Å²) in [5.74, 6) is 0. The fourth-order valence-corrected chi connectivity index (χ4v) is 1.00. The molecule has 0 amide bonds. The molecule has 0 aliphatic rings. The highest BCUT2D eigenvalue weighted by Gasteiger charge is 2.00. The maximum atomic E-state index is 11.3. The van der Waals surface area contributed by atoms with E-state index in [0.717, 1.165) is 5.57 Å². The summed E-state index contributed by atoms with van der Waals surface area (Å²) < 4.78 is 2.61. The SMILES string of the molecule is C=C(C)Cn1ccn(C)c(=O)c1=O. The Kier molecular flexibility index (Phi) is 2.51. The van der Waals surface area contributed by atoms with Crippen LogP contribution < -0.4 is 11.1 Å². The lowest BCUT2D eigenvalue weighted by Crippen LogP contribution is -2.39. The Morgan fingerprint density at radius 3 is 2.54 bits per heavy atom. The van der Waals surface area contributed by atoms with Gasteiger partial charge in [0.1, 0.15) is 0 Å². The van der Waals surface area contributed by atoms with Gasteiger partial charge >= 0.3 is 11.1 Å². The van der Waals surface area contributed by atoms with Crippen molar-refractivity contribution in [2.75, 3.05) is 0 Å². The van der Waals surface area contributed by atoms with Gasteiger partial charge < -0.3 is 9.13 Å². The van der Waals surface area contributed by atoms with E-state index in [2.05, 4.69) is 6.58 Å². The molecule has 0 saturated heterocycles. The summed E-state index contributed by atoms with van der Waals surface area (Å²) in [6.45, 7) is 5.88. The van der Waals surface area contributed by atoms with Gasteiger partial charge in [0.15, 0.2) is 0 Å². The van der Waals surface area contributed by atoms with Gasteiger partial charge in [-0.3, -0.25) is 9.59 Å². The molecule has 0 aliphatic carbocycles. The fourth-order valence-electron chi connectivity index (χ4n) is 1.00. The number of aryl methyl sites for hydroxylation is 1. The molecule has 1 aromatic rings. The van der Waals surface area contributed by atoms with Gasteiger partial charge in [-0.2, -0.15) is 0 Å².